The largest absolute Gasteiger partial charge is 0.416 e. The molecular weight excluding hydrogens is 381 g/mol. The van der Waals surface area contributed by atoms with E-state index in [1.54, 1.807) is 16.5 Å². The first-order chi connectivity index (χ1) is 12.8. The third-order valence-corrected chi connectivity index (χ3v) is 5.49. The first kappa shape index (κ1) is 17.8. The standard InChI is InChI=1S/C16H15F3N6OS/c1-9-14(27-23-20-9)15(26)24-6-2-3-11(8-24)25-13-5-4-10(16(17,18)19)7-12(13)21-22-25/h4-5,7,11H,2-3,6,8H2,1H3/t11-/m0/s1. The molecular formula is C16H15F3N6OS. The zero-order chi connectivity index (χ0) is 19.2. The molecule has 3 aromatic rings. The van der Waals surface area contributed by atoms with Crippen LogP contribution in [-0.4, -0.2) is 48.5 Å². The molecule has 7 nitrogen and oxygen atoms in total. The Morgan fingerprint density at radius 2 is 2.11 bits per heavy atom. The minimum absolute atomic E-state index is 0.129. The highest BCUT2D eigenvalue weighted by Gasteiger charge is 2.32. The van der Waals surface area contributed by atoms with Crippen LogP contribution in [0.1, 0.15) is 39.8 Å². The number of amides is 1. The van der Waals surface area contributed by atoms with Crippen LogP contribution in [-0.2, 0) is 6.18 Å². The first-order valence-corrected chi connectivity index (χ1v) is 9.12. The Hall–Kier alpha value is -2.56. The SMILES string of the molecule is Cc1nnsc1C(=O)N1CCC[C@H](n2nnc3cc(C(F)(F)F)ccc32)C1. The van der Waals surface area contributed by atoms with Crippen LogP contribution in [0.4, 0.5) is 13.2 Å². The molecule has 2 aromatic heterocycles. The number of hydrogen-bond donors (Lipinski definition) is 0. The Bertz CT molecular complexity index is 998. The molecule has 0 saturated carbocycles. The molecule has 1 fully saturated rings. The summed E-state index contributed by atoms with van der Waals surface area (Å²) in [4.78, 5) is 14.9. The lowest BCUT2D eigenvalue weighted by Crippen LogP contribution is -2.40. The van der Waals surface area contributed by atoms with Crippen LogP contribution in [0.5, 0.6) is 0 Å². The van der Waals surface area contributed by atoms with E-state index in [9.17, 15) is 18.0 Å². The molecule has 0 spiro atoms. The predicted octanol–water partition coefficient (Wildman–Crippen LogP) is 3.09. The van der Waals surface area contributed by atoms with Crippen LogP contribution < -0.4 is 0 Å². The van der Waals surface area contributed by atoms with E-state index in [4.69, 9.17) is 0 Å². The minimum atomic E-state index is -4.42. The maximum Gasteiger partial charge on any atom is 0.416 e. The van der Waals surface area contributed by atoms with Crippen LogP contribution in [0.3, 0.4) is 0 Å². The van der Waals surface area contributed by atoms with Crippen molar-refractivity contribution in [2.75, 3.05) is 13.1 Å². The molecule has 0 aliphatic carbocycles. The average molecular weight is 396 g/mol. The van der Waals surface area contributed by atoms with Gasteiger partial charge in [0.25, 0.3) is 5.91 Å². The van der Waals surface area contributed by atoms with Crippen LogP contribution in [0.2, 0.25) is 0 Å². The van der Waals surface area contributed by atoms with Crippen LogP contribution in [0, 0.1) is 6.92 Å². The highest BCUT2D eigenvalue weighted by Crippen LogP contribution is 2.32. The van der Waals surface area contributed by atoms with Gasteiger partial charge in [-0.3, -0.25) is 4.79 Å². The minimum Gasteiger partial charge on any atom is -0.336 e. The van der Waals surface area contributed by atoms with Gasteiger partial charge in [-0.1, -0.05) is 9.70 Å². The van der Waals surface area contributed by atoms with Gasteiger partial charge in [-0.15, -0.1) is 10.2 Å². The molecule has 0 radical (unpaired) electrons. The molecule has 142 valence electrons. The Kier molecular flexibility index (Phi) is 4.33. The summed E-state index contributed by atoms with van der Waals surface area (Å²) in [6.45, 7) is 2.76. The molecule has 27 heavy (non-hydrogen) atoms. The van der Waals surface area contributed by atoms with Crippen molar-refractivity contribution in [3.63, 3.8) is 0 Å². The number of aryl methyl sites for hydroxylation is 1. The van der Waals surface area contributed by atoms with Gasteiger partial charge in [0.05, 0.1) is 22.8 Å². The summed E-state index contributed by atoms with van der Waals surface area (Å²) in [6.07, 6.45) is -2.89. The van der Waals surface area contributed by atoms with Gasteiger partial charge in [0.2, 0.25) is 0 Å². The maximum atomic E-state index is 12.9. The number of benzene rings is 1. The number of carbonyl (C=O) groups excluding carboxylic acids is 1. The third-order valence-electron chi connectivity index (χ3n) is 4.67. The van der Waals surface area contributed by atoms with E-state index < -0.39 is 11.7 Å². The van der Waals surface area contributed by atoms with E-state index in [0.29, 0.717) is 29.2 Å². The fourth-order valence-corrected chi connectivity index (χ4v) is 3.92. The van der Waals surface area contributed by atoms with E-state index in [2.05, 4.69) is 19.9 Å². The van der Waals surface area contributed by atoms with Gasteiger partial charge >= 0.3 is 6.18 Å². The van der Waals surface area contributed by atoms with Crippen molar-refractivity contribution in [2.24, 2.45) is 0 Å². The second-order valence-electron chi connectivity index (χ2n) is 6.47. The molecule has 0 unspecified atom stereocenters. The Morgan fingerprint density at radius 1 is 1.30 bits per heavy atom. The second-order valence-corrected chi connectivity index (χ2v) is 7.22. The van der Waals surface area contributed by atoms with Crippen molar-refractivity contribution >= 4 is 28.5 Å². The number of halogens is 3. The summed E-state index contributed by atoms with van der Waals surface area (Å²) < 4.78 is 44.0. The number of rotatable bonds is 2. The number of hydrogen-bond acceptors (Lipinski definition) is 6. The second kappa shape index (κ2) is 6.55. The number of piperidine rings is 1. The fraction of sp³-hybridized carbons (Fsp3) is 0.438. The number of likely N-dealkylation sites (tertiary alicyclic amines) is 1. The van der Waals surface area contributed by atoms with Crippen molar-refractivity contribution < 1.29 is 18.0 Å². The average Bonchev–Trinajstić information content (AvgIpc) is 3.26. The van der Waals surface area contributed by atoms with Gasteiger partial charge in [-0.05, 0) is 49.5 Å². The van der Waals surface area contributed by atoms with Gasteiger partial charge in [-0.2, -0.15) is 13.2 Å². The summed E-state index contributed by atoms with van der Waals surface area (Å²) >= 11 is 1.06. The number of nitrogens with zero attached hydrogens (tertiary/aromatic N) is 6. The number of carbonyl (C=O) groups is 1. The van der Waals surface area contributed by atoms with Gasteiger partial charge < -0.3 is 4.90 Å². The van der Waals surface area contributed by atoms with Crippen LogP contribution in [0.25, 0.3) is 11.0 Å². The highest BCUT2D eigenvalue weighted by molar-refractivity contribution is 7.07. The zero-order valence-corrected chi connectivity index (χ0v) is 15.1. The van der Waals surface area contributed by atoms with E-state index >= 15 is 0 Å². The molecule has 1 amide bonds. The van der Waals surface area contributed by atoms with E-state index in [0.717, 1.165) is 36.5 Å². The smallest absolute Gasteiger partial charge is 0.336 e. The van der Waals surface area contributed by atoms with E-state index in [1.807, 2.05) is 0 Å². The summed E-state index contributed by atoms with van der Waals surface area (Å²) in [6, 6.07) is 3.26. The van der Waals surface area contributed by atoms with Crippen LogP contribution in [0.15, 0.2) is 18.2 Å². The molecule has 11 heteroatoms. The quantitative estimate of drug-likeness (QED) is 0.665. The first-order valence-electron chi connectivity index (χ1n) is 8.35. The monoisotopic (exact) mass is 396 g/mol. The van der Waals surface area contributed by atoms with Gasteiger partial charge in [0.1, 0.15) is 10.4 Å². The molecule has 1 aliphatic rings. The molecule has 1 saturated heterocycles. The topological polar surface area (TPSA) is 76.8 Å². The zero-order valence-electron chi connectivity index (χ0n) is 14.3. The number of alkyl halides is 3. The molecule has 3 heterocycles. The highest BCUT2D eigenvalue weighted by atomic mass is 32.1. The molecule has 0 N–H and O–H groups in total. The van der Waals surface area contributed by atoms with Gasteiger partial charge in [0, 0.05) is 13.1 Å². The molecule has 1 aromatic carbocycles. The van der Waals surface area contributed by atoms with Crippen molar-refractivity contribution in [1.82, 2.24) is 29.5 Å². The molecule has 1 aliphatic heterocycles. The number of aromatic nitrogens is 5. The van der Waals surface area contributed by atoms with E-state index in [1.165, 1.54) is 6.07 Å². The van der Waals surface area contributed by atoms with Crippen molar-refractivity contribution in [3.05, 3.63) is 34.3 Å². The molecule has 1 atom stereocenters. The maximum absolute atomic E-state index is 12.9. The summed E-state index contributed by atoms with van der Waals surface area (Å²) in [7, 11) is 0. The van der Waals surface area contributed by atoms with E-state index in [-0.39, 0.29) is 17.5 Å². The number of fused-ring (bicyclic) bond motifs is 1. The summed E-state index contributed by atoms with van der Waals surface area (Å²) in [5, 5.41) is 11.8. The van der Waals surface area contributed by atoms with Crippen molar-refractivity contribution in [2.45, 2.75) is 32.0 Å². The predicted molar refractivity (Wildman–Crippen MR) is 91.4 cm³/mol. The Balaban J connectivity index is 1.60. The van der Waals surface area contributed by atoms with Crippen molar-refractivity contribution in [1.29, 1.82) is 0 Å². The molecule has 0 bridgehead atoms. The lowest BCUT2D eigenvalue weighted by Gasteiger charge is -2.32. The fourth-order valence-electron chi connectivity index (χ4n) is 3.30. The third kappa shape index (κ3) is 3.27. The lowest BCUT2D eigenvalue weighted by molar-refractivity contribution is -0.137. The normalized spacial score (nSPS) is 18.2. The van der Waals surface area contributed by atoms with Gasteiger partial charge in [-0.25, -0.2) is 4.68 Å². The van der Waals surface area contributed by atoms with Crippen LogP contribution >= 0.6 is 11.5 Å². The lowest BCUT2D eigenvalue weighted by atomic mass is 10.0. The Morgan fingerprint density at radius 3 is 2.81 bits per heavy atom. The molecule has 4 rings (SSSR count). The summed E-state index contributed by atoms with van der Waals surface area (Å²) in [5.74, 6) is -0.129. The van der Waals surface area contributed by atoms with Crippen molar-refractivity contribution in [3.8, 4) is 0 Å². The van der Waals surface area contributed by atoms with Gasteiger partial charge in [0.15, 0.2) is 0 Å². The summed E-state index contributed by atoms with van der Waals surface area (Å²) in [5.41, 5.74) is 0.558. The Labute approximate surface area is 155 Å².